The lowest BCUT2D eigenvalue weighted by molar-refractivity contribution is -0.138. The number of aromatic hydroxyl groups is 1. The van der Waals surface area contributed by atoms with Crippen LogP contribution in [0, 0.1) is 14.3 Å². The van der Waals surface area contributed by atoms with Crippen molar-refractivity contribution in [3.63, 3.8) is 0 Å². The second kappa shape index (κ2) is 8.18. The van der Waals surface area contributed by atoms with Crippen LogP contribution in [0.5, 0.6) is 17.2 Å². The summed E-state index contributed by atoms with van der Waals surface area (Å²) in [5.41, 5.74) is 6.18. The van der Waals surface area contributed by atoms with Gasteiger partial charge in [0.25, 0.3) is 0 Å². The smallest absolute Gasteiger partial charge is 0.325 e. The predicted octanol–water partition coefficient (Wildman–Crippen LogP) is 4.69. The molecule has 2 aromatic carbocycles. The van der Waals surface area contributed by atoms with Gasteiger partial charge < -0.3 is 20.7 Å². The normalized spacial score (nSPS) is 12.0. The lowest BCUT2D eigenvalue weighted by Gasteiger charge is -2.14. The highest BCUT2D eigenvalue weighted by Gasteiger charge is 2.19. The van der Waals surface area contributed by atoms with Crippen LogP contribution >= 0.6 is 90.4 Å². The minimum atomic E-state index is -1.08. The molecule has 0 aliphatic heterocycles. The van der Waals surface area contributed by atoms with Crippen LogP contribution in [0.3, 0.4) is 0 Å². The van der Waals surface area contributed by atoms with Crippen molar-refractivity contribution >= 4 is 96.3 Å². The molecule has 5 nitrogen and oxygen atoms in total. The van der Waals surface area contributed by atoms with Crippen molar-refractivity contribution in [2.75, 3.05) is 0 Å². The second-order valence-electron chi connectivity index (χ2n) is 4.47. The minimum Gasteiger partial charge on any atom is -0.506 e. The van der Waals surface area contributed by atoms with Crippen LogP contribution in [0.15, 0.2) is 24.3 Å². The van der Waals surface area contributed by atoms with E-state index in [2.05, 4.69) is 45.2 Å². The van der Waals surface area contributed by atoms with Crippen molar-refractivity contribution in [1.29, 1.82) is 0 Å². The fourth-order valence-corrected chi connectivity index (χ4v) is 5.47. The molecule has 0 saturated heterocycles. The average Bonchev–Trinajstić information content (AvgIpc) is 2.47. The zero-order valence-electron chi connectivity index (χ0n) is 11.2. The summed E-state index contributed by atoms with van der Waals surface area (Å²) in [6, 6.07) is 5.81. The molecular formula is C14H9I4NO4. The van der Waals surface area contributed by atoms with Crippen LogP contribution in [0.1, 0.15) is 11.6 Å². The fraction of sp³-hybridized carbons (Fsp3) is 0.0714. The molecule has 0 spiro atoms. The zero-order chi connectivity index (χ0) is 17.3. The van der Waals surface area contributed by atoms with Crippen molar-refractivity contribution < 1.29 is 19.7 Å². The molecule has 0 aliphatic rings. The van der Waals surface area contributed by atoms with Gasteiger partial charge in [-0.25, -0.2) is 0 Å². The van der Waals surface area contributed by atoms with Gasteiger partial charge in [0, 0.05) is 0 Å². The molecule has 0 bridgehead atoms. The largest absolute Gasteiger partial charge is 0.506 e. The molecule has 23 heavy (non-hydrogen) atoms. The van der Waals surface area contributed by atoms with Crippen LogP contribution in [0.4, 0.5) is 0 Å². The van der Waals surface area contributed by atoms with Gasteiger partial charge in [-0.1, -0.05) is 0 Å². The Hall–Kier alpha value is 0.390. The number of benzene rings is 2. The van der Waals surface area contributed by atoms with Crippen LogP contribution in [0.2, 0.25) is 0 Å². The summed E-state index contributed by atoms with van der Waals surface area (Å²) in [6.07, 6.45) is 0. The quantitative estimate of drug-likeness (QED) is 0.394. The molecule has 2 aromatic rings. The highest BCUT2D eigenvalue weighted by atomic mass is 127. The van der Waals surface area contributed by atoms with Gasteiger partial charge in [-0.15, -0.1) is 0 Å². The number of nitrogens with two attached hydrogens (primary N) is 1. The third-order valence-electron chi connectivity index (χ3n) is 2.86. The highest BCUT2D eigenvalue weighted by molar-refractivity contribution is 14.1. The van der Waals surface area contributed by atoms with Gasteiger partial charge in [-0.2, -0.15) is 0 Å². The predicted molar refractivity (Wildman–Crippen MR) is 120 cm³/mol. The summed E-state index contributed by atoms with van der Waals surface area (Å²) >= 11 is 8.25. The Kier molecular flexibility index (Phi) is 7.01. The van der Waals surface area contributed by atoms with Gasteiger partial charge in [0.2, 0.25) is 0 Å². The van der Waals surface area contributed by atoms with Crippen molar-refractivity contribution in [1.82, 2.24) is 0 Å². The van der Waals surface area contributed by atoms with E-state index < -0.39 is 12.0 Å². The summed E-state index contributed by atoms with van der Waals surface area (Å²) in [5, 5.41) is 18.8. The van der Waals surface area contributed by atoms with Crippen molar-refractivity contribution in [2.45, 2.75) is 6.04 Å². The van der Waals surface area contributed by atoms with E-state index in [4.69, 9.17) is 15.6 Å². The molecule has 0 amide bonds. The molecule has 9 heteroatoms. The molecule has 1 atom stereocenters. The molecule has 0 fully saturated rings. The number of hydrogen-bond acceptors (Lipinski definition) is 4. The van der Waals surface area contributed by atoms with Gasteiger partial charge in [-0.05, 0) is 120 Å². The van der Waals surface area contributed by atoms with Crippen LogP contribution in [0.25, 0.3) is 0 Å². The maximum Gasteiger partial charge on any atom is 0.325 e. The SMILES string of the molecule is N[C@@H](C(=O)O)c1cc(I)c(Oc2cc(I)c(O)c(I)c2)c(I)c1. The zero-order valence-corrected chi connectivity index (χ0v) is 19.8. The monoisotopic (exact) mass is 763 g/mol. The number of phenolic OH excluding ortho intramolecular Hbond substituents is 1. The van der Waals surface area contributed by atoms with E-state index in [1.54, 1.807) is 24.3 Å². The molecule has 0 heterocycles. The standard InChI is InChI=1S/C14H9I4NO4/c15-7-3-6(4-8(16)12(7)20)23-13-9(17)1-5(2-10(13)18)11(19)14(21)22/h1-4,11,20H,19H2,(H,21,22)/t11-/m1/s1. The molecule has 122 valence electrons. The highest BCUT2D eigenvalue weighted by Crippen LogP contribution is 2.37. The average molecular weight is 763 g/mol. The summed E-state index contributed by atoms with van der Waals surface area (Å²) in [7, 11) is 0. The number of carboxylic acid groups (broad SMARTS) is 1. The van der Waals surface area contributed by atoms with E-state index in [1.807, 2.05) is 45.2 Å². The third kappa shape index (κ3) is 4.72. The Morgan fingerprint density at radius 3 is 1.91 bits per heavy atom. The summed E-state index contributed by atoms with van der Waals surface area (Å²) in [6.45, 7) is 0. The second-order valence-corrected chi connectivity index (χ2v) is 9.12. The van der Waals surface area contributed by atoms with Gasteiger partial charge in [-0.3, -0.25) is 4.79 Å². The third-order valence-corrected chi connectivity index (χ3v) is 6.10. The van der Waals surface area contributed by atoms with E-state index >= 15 is 0 Å². The molecule has 0 radical (unpaired) electrons. The van der Waals surface area contributed by atoms with Crippen LogP contribution in [-0.4, -0.2) is 16.2 Å². The van der Waals surface area contributed by atoms with Gasteiger partial charge >= 0.3 is 5.97 Å². The Bertz CT molecular complexity index is 735. The number of hydrogen-bond donors (Lipinski definition) is 3. The molecule has 0 saturated carbocycles. The Morgan fingerprint density at radius 2 is 1.48 bits per heavy atom. The van der Waals surface area contributed by atoms with Gasteiger partial charge in [0.1, 0.15) is 17.5 Å². The van der Waals surface area contributed by atoms with Crippen LogP contribution < -0.4 is 10.5 Å². The lowest BCUT2D eigenvalue weighted by atomic mass is 10.1. The number of halogens is 4. The Labute approximate surface area is 186 Å². The molecule has 0 aromatic heterocycles. The van der Waals surface area contributed by atoms with E-state index in [-0.39, 0.29) is 5.75 Å². The molecule has 4 N–H and O–H groups in total. The summed E-state index contributed by atoms with van der Waals surface area (Å²) < 4.78 is 8.84. The minimum absolute atomic E-state index is 0.228. The lowest BCUT2D eigenvalue weighted by Crippen LogP contribution is -2.20. The van der Waals surface area contributed by atoms with Crippen molar-refractivity contribution in [3.05, 3.63) is 44.1 Å². The van der Waals surface area contributed by atoms with Gasteiger partial charge in [0.05, 0.1) is 14.3 Å². The first-order valence-corrected chi connectivity index (χ1v) is 10.4. The molecule has 0 unspecified atom stereocenters. The van der Waals surface area contributed by atoms with E-state index in [1.165, 1.54) is 0 Å². The maximum absolute atomic E-state index is 11.0. The fourth-order valence-electron chi connectivity index (χ4n) is 1.72. The van der Waals surface area contributed by atoms with Gasteiger partial charge in [0.15, 0.2) is 5.75 Å². The van der Waals surface area contributed by atoms with E-state index in [0.717, 1.165) is 7.14 Å². The number of rotatable bonds is 4. The summed E-state index contributed by atoms with van der Waals surface area (Å²) in [5.74, 6) is 0.381. The number of phenols is 1. The first-order valence-electron chi connectivity index (χ1n) is 6.04. The van der Waals surface area contributed by atoms with E-state index in [9.17, 15) is 9.90 Å². The number of ether oxygens (including phenoxy) is 1. The van der Waals surface area contributed by atoms with Crippen LogP contribution in [-0.2, 0) is 4.79 Å². The van der Waals surface area contributed by atoms with Crippen molar-refractivity contribution in [3.8, 4) is 17.2 Å². The Morgan fingerprint density at radius 1 is 1.00 bits per heavy atom. The molecule has 0 aliphatic carbocycles. The number of carboxylic acids is 1. The topological polar surface area (TPSA) is 92.8 Å². The Balaban J connectivity index is 2.40. The molecule has 2 rings (SSSR count). The number of aliphatic carboxylic acids is 1. The molecular weight excluding hydrogens is 754 g/mol. The maximum atomic E-state index is 11.0. The number of carbonyl (C=O) groups is 1. The first-order chi connectivity index (χ1) is 10.7. The van der Waals surface area contributed by atoms with E-state index in [0.29, 0.717) is 24.2 Å². The summed E-state index contributed by atoms with van der Waals surface area (Å²) in [4.78, 5) is 11.0. The van der Waals surface area contributed by atoms with Crippen molar-refractivity contribution in [2.24, 2.45) is 5.73 Å². The first kappa shape index (κ1) is 19.7.